The van der Waals surface area contributed by atoms with Crippen LogP contribution in [0.2, 0.25) is 0 Å². The molecule has 0 bridgehead atoms. The lowest BCUT2D eigenvalue weighted by molar-refractivity contribution is 0.0696. The van der Waals surface area contributed by atoms with Crippen molar-refractivity contribution in [2.24, 2.45) is 0 Å². The quantitative estimate of drug-likeness (QED) is 0.811. The van der Waals surface area contributed by atoms with E-state index in [1.807, 2.05) is 0 Å². The van der Waals surface area contributed by atoms with Crippen LogP contribution in [0.25, 0.3) is 0 Å². The number of aryl methyl sites for hydroxylation is 1. The summed E-state index contributed by atoms with van der Waals surface area (Å²) in [5, 5.41) is 17.9. The minimum atomic E-state index is -1.13. The van der Waals surface area contributed by atoms with Crippen molar-refractivity contribution in [3.63, 3.8) is 0 Å². The molecule has 5 nitrogen and oxygen atoms in total. The fourth-order valence-corrected chi connectivity index (χ4v) is 1.66. The summed E-state index contributed by atoms with van der Waals surface area (Å²) in [5.74, 6) is -2.26. The summed E-state index contributed by atoms with van der Waals surface area (Å²) in [6, 6.07) is 2.64. The predicted molar refractivity (Wildman–Crippen MR) is 59.4 cm³/mol. The van der Waals surface area contributed by atoms with E-state index in [1.165, 1.54) is 12.1 Å². The molecule has 0 unspecified atom stereocenters. The topological polar surface area (TPSA) is 77.8 Å². The summed E-state index contributed by atoms with van der Waals surface area (Å²) in [7, 11) is 3.43. The van der Waals surface area contributed by atoms with E-state index < -0.39 is 11.9 Å². The third-order valence-electron chi connectivity index (χ3n) is 2.23. The van der Waals surface area contributed by atoms with E-state index in [9.17, 15) is 9.59 Å². The molecule has 0 spiro atoms. The number of carboxylic acid groups (broad SMARTS) is 2. The first kappa shape index (κ1) is 12.0. The van der Waals surface area contributed by atoms with Crippen molar-refractivity contribution in [2.75, 3.05) is 19.0 Å². The van der Waals surface area contributed by atoms with Crippen molar-refractivity contribution < 1.29 is 19.8 Å². The fourth-order valence-electron chi connectivity index (χ4n) is 1.66. The molecule has 2 N–H and O–H groups in total. The van der Waals surface area contributed by atoms with Gasteiger partial charge in [0.1, 0.15) is 0 Å². The van der Waals surface area contributed by atoms with Crippen LogP contribution in [0.1, 0.15) is 26.3 Å². The highest BCUT2D eigenvalue weighted by atomic mass is 16.4. The average molecular weight is 223 g/mol. The molecule has 0 fully saturated rings. The normalized spacial score (nSPS) is 9.94. The number of carboxylic acids is 2. The minimum absolute atomic E-state index is 0.00222. The molecule has 0 atom stereocenters. The highest BCUT2D eigenvalue weighted by Crippen LogP contribution is 2.25. The lowest BCUT2D eigenvalue weighted by Gasteiger charge is -2.18. The van der Waals surface area contributed by atoms with E-state index in [0.717, 1.165) is 0 Å². The van der Waals surface area contributed by atoms with Gasteiger partial charge < -0.3 is 15.1 Å². The Morgan fingerprint density at radius 2 is 1.69 bits per heavy atom. The number of nitrogens with zero attached hydrogens (tertiary/aromatic N) is 1. The van der Waals surface area contributed by atoms with E-state index in [2.05, 4.69) is 0 Å². The van der Waals surface area contributed by atoms with Crippen LogP contribution in [0.5, 0.6) is 0 Å². The van der Waals surface area contributed by atoms with Gasteiger partial charge in [-0.05, 0) is 24.6 Å². The van der Waals surface area contributed by atoms with Gasteiger partial charge in [0.2, 0.25) is 0 Å². The number of hydrogen-bond acceptors (Lipinski definition) is 3. The lowest BCUT2D eigenvalue weighted by Crippen LogP contribution is -2.16. The van der Waals surface area contributed by atoms with Gasteiger partial charge >= 0.3 is 11.9 Å². The maximum absolute atomic E-state index is 11.0. The Morgan fingerprint density at radius 1 is 1.12 bits per heavy atom. The highest BCUT2D eigenvalue weighted by Gasteiger charge is 2.17. The van der Waals surface area contributed by atoms with Gasteiger partial charge in [0.25, 0.3) is 0 Å². The number of carbonyl (C=O) groups is 2. The van der Waals surface area contributed by atoms with Crippen molar-refractivity contribution in [3.05, 3.63) is 28.8 Å². The van der Waals surface area contributed by atoms with Crippen molar-refractivity contribution >= 4 is 17.6 Å². The molecular weight excluding hydrogens is 210 g/mol. The van der Waals surface area contributed by atoms with Gasteiger partial charge in [-0.1, -0.05) is 0 Å². The van der Waals surface area contributed by atoms with E-state index in [1.54, 1.807) is 25.9 Å². The largest absolute Gasteiger partial charge is 0.478 e. The van der Waals surface area contributed by atoms with Gasteiger partial charge in [0.15, 0.2) is 0 Å². The fraction of sp³-hybridized carbons (Fsp3) is 0.273. The third kappa shape index (κ3) is 2.13. The Morgan fingerprint density at radius 3 is 2.06 bits per heavy atom. The predicted octanol–water partition coefficient (Wildman–Crippen LogP) is 1.46. The summed E-state index contributed by atoms with van der Waals surface area (Å²) < 4.78 is 0. The molecule has 0 aliphatic rings. The maximum atomic E-state index is 11.0. The lowest BCUT2D eigenvalue weighted by atomic mass is 10.0. The SMILES string of the molecule is Cc1cc(C(=O)O)cc(C(=O)O)c1N(C)C. The highest BCUT2D eigenvalue weighted by molar-refractivity contribution is 5.99. The number of anilines is 1. The molecule has 0 amide bonds. The molecule has 0 saturated carbocycles. The number of benzene rings is 1. The van der Waals surface area contributed by atoms with Crippen LogP contribution in [0.3, 0.4) is 0 Å². The molecule has 1 aromatic rings. The Kier molecular flexibility index (Phi) is 3.17. The summed E-state index contributed by atoms with van der Waals surface area (Å²) >= 11 is 0. The number of rotatable bonds is 3. The van der Waals surface area contributed by atoms with Gasteiger partial charge in [-0.15, -0.1) is 0 Å². The molecule has 5 heteroatoms. The molecule has 0 radical (unpaired) electrons. The van der Waals surface area contributed by atoms with Crippen molar-refractivity contribution in [3.8, 4) is 0 Å². The van der Waals surface area contributed by atoms with Gasteiger partial charge in [0.05, 0.1) is 16.8 Å². The van der Waals surface area contributed by atoms with E-state index >= 15 is 0 Å². The summed E-state index contributed by atoms with van der Waals surface area (Å²) in [6.07, 6.45) is 0. The Bertz CT molecular complexity index is 452. The smallest absolute Gasteiger partial charge is 0.337 e. The van der Waals surface area contributed by atoms with E-state index in [-0.39, 0.29) is 11.1 Å². The molecule has 0 heterocycles. The molecule has 16 heavy (non-hydrogen) atoms. The Hall–Kier alpha value is -2.04. The van der Waals surface area contributed by atoms with E-state index in [0.29, 0.717) is 11.3 Å². The summed E-state index contributed by atoms with van der Waals surface area (Å²) in [5.41, 5.74) is 1.14. The molecule has 0 saturated heterocycles. The van der Waals surface area contributed by atoms with Crippen molar-refractivity contribution in [2.45, 2.75) is 6.92 Å². The van der Waals surface area contributed by atoms with Crippen LogP contribution >= 0.6 is 0 Å². The zero-order chi connectivity index (χ0) is 12.5. The number of aromatic carboxylic acids is 2. The van der Waals surface area contributed by atoms with Gasteiger partial charge in [-0.2, -0.15) is 0 Å². The summed E-state index contributed by atoms with van der Waals surface area (Å²) in [4.78, 5) is 23.5. The van der Waals surface area contributed by atoms with Crippen LogP contribution in [0, 0.1) is 6.92 Å². The maximum Gasteiger partial charge on any atom is 0.337 e. The van der Waals surface area contributed by atoms with Crippen LogP contribution < -0.4 is 4.90 Å². The molecule has 86 valence electrons. The van der Waals surface area contributed by atoms with Crippen molar-refractivity contribution in [1.29, 1.82) is 0 Å². The van der Waals surface area contributed by atoms with Gasteiger partial charge in [-0.3, -0.25) is 0 Å². The van der Waals surface area contributed by atoms with Gasteiger partial charge in [-0.25, -0.2) is 9.59 Å². The Balaban J connectivity index is 3.52. The van der Waals surface area contributed by atoms with Gasteiger partial charge in [0, 0.05) is 14.1 Å². The van der Waals surface area contributed by atoms with Crippen LogP contribution in [0.4, 0.5) is 5.69 Å². The monoisotopic (exact) mass is 223 g/mol. The second kappa shape index (κ2) is 4.22. The molecular formula is C11H13NO4. The van der Waals surface area contributed by atoms with Crippen LogP contribution in [-0.2, 0) is 0 Å². The van der Waals surface area contributed by atoms with Crippen LogP contribution in [0.15, 0.2) is 12.1 Å². The second-order valence-corrected chi connectivity index (χ2v) is 3.69. The second-order valence-electron chi connectivity index (χ2n) is 3.69. The zero-order valence-electron chi connectivity index (χ0n) is 9.31. The number of hydrogen-bond donors (Lipinski definition) is 2. The first-order chi connectivity index (χ1) is 7.34. The van der Waals surface area contributed by atoms with Crippen LogP contribution in [-0.4, -0.2) is 36.2 Å². The van der Waals surface area contributed by atoms with Crippen molar-refractivity contribution in [1.82, 2.24) is 0 Å². The molecule has 0 aromatic heterocycles. The Labute approximate surface area is 92.9 Å². The summed E-state index contributed by atoms with van der Waals surface area (Å²) in [6.45, 7) is 1.69. The first-order valence-corrected chi connectivity index (χ1v) is 4.63. The zero-order valence-corrected chi connectivity index (χ0v) is 9.31. The van der Waals surface area contributed by atoms with E-state index in [4.69, 9.17) is 10.2 Å². The first-order valence-electron chi connectivity index (χ1n) is 4.63. The third-order valence-corrected chi connectivity index (χ3v) is 2.23. The molecule has 1 rings (SSSR count). The molecule has 0 aliphatic heterocycles. The molecule has 1 aromatic carbocycles. The average Bonchev–Trinajstić information content (AvgIpc) is 2.15. The molecule has 0 aliphatic carbocycles. The minimum Gasteiger partial charge on any atom is -0.478 e. The standard InChI is InChI=1S/C11H13NO4/c1-6-4-7(10(13)14)5-8(11(15)16)9(6)12(2)3/h4-5H,1-3H3,(H,13,14)(H,15,16).